The van der Waals surface area contributed by atoms with E-state index < -0.39 is 0 Å². The summed E-state index contributed by atoms with van der Waals surface area (Å²) in [6, 6.07) is 8.61. The minimum Gasteiger partial charge on any atom is -0.0950 e. The number of hydrogen-bond donors (Lipinski definition) is 0. The zero-order valence-corrected chi connectivity index (χ0v) is 9.51. The van der Waals surface area contributed by atoms with Crippen molar-refractivity contribution in [3.63, 3.8) is 0 Å². The fraction of sp³-hybridized carbons (Fsp3) is 0.429. The van der Waals surface area contributed by atoms with Crippen LogP contribution >= 0.6 is 0 Å². The van der Waals surface area contributed by atoms with Crippen molar-refractivity contribution in [3.8, 4) is 0 Å². The van der Waals surface area contributed by atoms with Crippen molar-refractivity contribution in [3.05, 3.63) is 42.0 Å². The number of aryl methyl sites for hydroxylation is 1. The smallest absolute Gasteiger partial charge is 0.0187 e. The fourth-order valence-electron chi connectivity index (χ4n) is 1.86. The fourth-order valence-corrected chi connectivity index (χ4v) is 1.86. The molecule has 0 fully saturated rings. The summed E-state index contributed by atoms with van der Waals surface area (Å²) in [6.45, 7) is 10.4. The molecule has 14 heavy (non-hydrogen) atoms. The summed E-state index contributed by atoms with van der Waals surface area (Å²) in [4.78, 5) is 0. The Morgan fingerprint density at radius 2 is 1.86 bits per heavy atom. The Kier molecular flexibility index (Phi) is 3.94. The van der Waals surface area contributed by atoms with Crippen LogP contribution in [0.25, 0.3) is 5.57 Å². The molecule has 0 aliphatic heterocycles. The topological polar surface area (TPSA) is 0 Å². The van der Waals surface area contributed by atoms with E-state index in [2.05, 4.69) is 37.8 Å². The van der Waals surface area contributed by atoms with Crippen molar-refractivity contribution < 1.29 is 0 Å². The van der Waals surface area contributed by atoms with Gasteiger partial charge in [-0.15, -0.1) is 0 Å². The van der Waals surface area contributed by atoms with Crippen molar-refractivity contribution in [2.75, 3.05) is 0 Å². The first-order chi connectivity index (χ1) is 6.79. The molecular weight excluding hydrogens is 168 g/mol. The Morgan fingerprint density at radius 1 is 1.21 bits per heavy atom. The van der Waals surface area contributed by atoms with Crippen LogP contribution in [-0.2, 0) is 6.42 Å². The molecule has 0 N–H and O–H groups in total. The molecule has 0 heteroatoms. The maximum atomic E-state index is 4.14. The average molecular weight is 188 g/mol. The highest BCUT2D eigenvalue weighted by Crippen LogP contribution is 2.33. The third kappa shape index (κ3) is 2.06. The van der Waals surface area contributed by atoms with Gasteiger partial charge in [0, 0.05) is 0 Å². The predicted molar refractivity (Wildman–Crippen MR) is 64.3 cm³/mol. The van der Waals surface area contributed by atoms with Crippen LogP contribution in [-0.4, -0.2) is 0 Å². The maximum Gasteiger partial charge on any atom is -0.0187 e. The van der Waals surface area contributed by atoms with Gasteiger partial charge in [-0.1, -0.05) is 51.6 Å². The van der Waals surface area contributed by atoms with Crippen LogP contribution in [0.4, 0.5) is 0 Å². The molecule has 1 atom stereocenters. The third-order valence-corrected chi connectivity index (χ3v) is 2.80. The normalized spacial score (nSPS) is 19.4. The lowest BCUT2D eigenvalue weighted by molar-refractivity contribution is 0.644. The van der Waals surface area contributed by atoms with Crippen LogP contribution in [0, 0.1) is 5.92 Å². The minimum atomic E-state index is 0.667. The van der Waals surface area contributed by atoms with Gasteiger partial charge in [0.05, 0.1) is 0 Å². The molecule has 0 radical (unpaired) electrons. The van der Waals surface area contributed by atoms with Crippen LogP contribution in [0.5, 0.6) is 0 Å². The standard InChI is InChI=1S/C12H14.C2H6/c1-9-7-8-11-5-3-4-6-12(11)10(9)2;1-2/h3-6,9H,2,7-8H2,1H3;1-2H3. The molecule has 0 saturated carbocycles. The molecule has 76 valence electrons. The molecule has 2 rings (SSSR count). The molecule has 0 heterocycles. The van der Waals surface area contributed by atoms with E-state index in [-0.39, 0.29) is 0 Å². The van der Waals surface area contributed by atoms with Crippen molar-refractivity contribution in [2.45, 2.75) is 33.6 Å². The van der Waals surface area contributed by atoms with Gasteiger partial charge in [0.25, 0.3) is 0 Å². The van der Waals surface area contributed by atoms with Crippen LogP contribution < -0.4 is 0 Å². The van der Waals surface area contributed by atoms with Gasteiger partial charge in [-0.05, 0) is 35.5 Å². The van der Waals surface area contributed by atoms with Crippen molar-refractivity contribution in [1.29, 1.82) is 0 Å². The van der Waals surface area contributed by atoms with E-state index in [9.17, 15) is 0 Å². The van der Waals surface area contributed by atoms with Gasteiger partial charge in [-0.25, -0.2) is 0 Å². The zero-order chi connectivity index (χ0) is 10.6. The third-order valence-electron chi connectivity index (χ3n) is 2.80. The summed E-state index contributed by atoms with van der Waals surface area (Å²) in [6.07, 6.45) is 2.48. The molecule has 1 aliphatic carbocycles. The van der Waals surface area contributed by atoms with E-state index in [1.807, 2.05) is 13.8 Å². The molecule has 1 aliphatic rings. The molecule has 1 aromatic rings. The minimum absolute atomic E-state index is 0.667. The Labute approximate surface area is 87.7 Å². The monoisotopic (exact) mass is 188 g/mol. The van der Waals surface area contributed by atoms with Gasteiger partial charge in [0.1, 0.15) is 0 Å². The van der Waals surface area contributed by atoms with E-state index in [0.717, 1.165) is 0 Å². The number of fused-ring (bicyclic) bond motifs is 1. The van der Waals surface area contributed by atoms with Crippen LogP contribution in [0.2, 0.25) is 0 Å². The Hall–Kier alpha value is -1.04. The molecule has 0 bridgehead atoms. The lowest BCUT2D eigenvalue weighted by Crippen LogP contribution is -2.08. The van der Waals surface area contributed by atoms with Crippen LogP contribution in [0.15, 0.2) is 30.8 Å². The summed E-state index contributed by atoms with van der Waals surface area (Å²) in [5, 5.41) is 0. The molecule has 0 saturated heterocycles. The molecule has 0 aromatic heterocycles. The average Bonchev–Trinajstić information content (AvgIpc) is 2.27. The lowest BCUT2D eigenvalue weighted by Gasteiger charge is -2.23. The van der Waals surface area contributed by atoms with E-state index in [0.29, 0.717) is 5.92 Å². The lowest BCUT2D eigenvalue weighted by atomic mass is 9.81. The van der Waals surface area contributed by atoms with Gasteiger partial charge in [-0.2, -0.15) is 0 Å². The zero-order valence-electron chi connectivity index (χ0n) is 9.51. The second-order valence-electron chi connectivity index (χ2n) is 3.62. The van der Waals surface area contributed by atoms with E-state index >= 15 is 0 Å². The van der Waals surface area contributed by atoms with Gasteiger partial charge >= 0.3 is 0 Å². The molecule has 1 unspecified atom stereocenters. The van der Waals surface area contributed by atoms with Gasteiger partial charge in [0.2, 0.25) is 0 Å². The first-order valence-corrected chi connectivity index (χ1v) is 5.56. The summed E-state index contributed by atoms with van der Waals surface area (Å²) in [5.41, 5.74) is 4.17. The molecule has 1 aromatic carbocycles. The number of rotatable bonds is 0. The highest BCUT2D eigenvalue weighted by atomic mass is 14.2. The number of benzene rings is 1. The highest BCUT2D eigenvalue weighted by molar-refractivity contribution is 5.69. The van der Waals surface area contributed by atoms with Crippen LogP contribution in [0.3, 0.4) is 0 Å². The predicted octanol–water partition coefficient (Wildman–Crippen LogP) is 4.31. The first-order valence-electron chi connectivity index (χ1n) is 5.56. The Balaban J connectivity index is 0.000000461. The second-order valence-corrected chi connectivity index (χ2v) is 3.62. The van der Waals surface area contributed by atoms with E-state index in [1.54, 1.807) is 0 Å². The number of hydrogen-bond acceptors (Lipinski definition) is 0. The van der Waals surface area contributed by atoms with E-state index in [4.69, 9.17) is 0 Å². The molecule has 0 nitrogen and oxygen atoms in total. The summed E-state index contributed by atoms with van der Waals surface area (Å²) >= 11 is 0. The van der Waals surface area contributed by atoms with E-state index in [1.165, 1.54) is 29.5 Å². The first kappa shape index (κ1) is 11.0. The van der Waals surface area contributed by atoms with Gasteiger partial charge < -0.3 is 0 Å². The molecule has 0 spiro atoms. The maximum absolute atomic E-state index is 4.14. The van der Waals surface area contributed by atoms with Crippen molar-refractivity contribution >= 4 is 5.57 Å². The van der Waals surface area contributed by atoms with Crippen molar-refractivity contribution in [2.24, 2.45) is 5.92 Å². The summed E-state index contributed by atoms with van der Waals surface area (Å²) in [5.74, 6) is 0.667. The van der Waals surface area contributed by atoms with Gasteiger partial charge in [0.15, 0.2) is 0 Å². The summed E-state index contributed by atoms with van der Waals surface area (Å²) in [7, 11) is 0. The van der Waals surface area contributed by atoms with Crippen LogP contribution in [0.1, 0.15) is 38.3 Å². The Morgan fingerprint density at radius 3 is 2.57 bits per heavy atom. The SMILES string of the molecule is C=C1c2ccccc2CCC1C.CC. The highest BCUT2D eigenvalue weighted by Gasteiger charge is 2.17. The Bertz CT molecular complexity index is 310. The van der Waals surface area contributed by atoms with Gasteiger partial charge in [-0.3, -0.25) is 0 Å². The van der Waals surface area contributed by atoms with Crippen molar-refractivity contribution in [1.82, 2.24) is 0 Å². The summed E-state index contributed by atoms with van der Waals surface area (Å²) < 4.78 is 0. The molecular formula is C14H20. The molecule has 0 amide bonds. The quantitative estimate of drug-likeness (QED) is 0.569. The second kappa shape index (κ2) is 4.99. The largest absolute Gasteiger partial charge is 0.0950 e. The number of allylic oxidation sites excluding steroid dienone is 1.